The molecule has 0 unspecified atom stereocenters. The molecule has 1 fully saturated rings. The van der Waals surface area contributed by atoms with Crippen LogP contribution in [-0.2, 0) is 4.74 Å². The Morgan fingerprint density at radius 2 is 1.77 bits per heavy atom. The van der Waals surface area contributed by atoms with Gasteiger partial charge in [-0.1, -0.05) is 36.4 Å². The molecular formula is C23H21N3O4. The average molecular weight is 403 g/mol. The lowest BCUT2D eigenvalue weighted by atomic mass is 10.0. The van der Waals surface area contributed by atoms with E-state index in [2.05, 4.69) is 9.97 Å². The molecule has 1 aromatic heterocycles. The minimum atomic E-state index is -0.299. The molecule has 1 amide bonds. The van der Waals surface area contributed by atoms with Gasteiger partial charge in [0.1, 0.15) is 18.5 Å². The van der Waals surface area contributed by atoms with Crippen molar-refractivity contribution in [3.8, 4) is 11.5 Å². The lowest BCUT2D eigenvalue weighted by Gasteiger charge is -2.38. The Balaban J connectivity index is 1.48. The van der Waals surface area contributed by atoms with Crippen LogP contribution in [0.2, 0.25) is 0 Å². The minimum Gasteiger partial charge on any atom is -0.454 e. The Bertz CT molecular complexity index is 1070. The first kappa shape index (κ1) is 18.6. The molecular weight excluding hydrogens is 382 g/mol. The number of amides is 1. The molecule has 2 aromatic carbocycles. The summed E-state index contributed by atoms with van der Waals surface area (Å²) in [6.07, 6.45) is 2.48. The van der Waals surface area contributed by atoms with Gasteiger partial charge in [-0.05, 0) is 30.2 Å². The Labute approximate surface area is 174 Å². The van der Waals surface area contributed by atoms with Crippen molar-refractivity contribution in [2.24, 2.45) is 0 Å². The lowest BCUT2D eigenvalue weighted by molar-refractivity contribution is -0.0798. The van der Waals surface area contributed by atoms with Crippen LogP contribution in [0.4, 0.5) is 0 Å². The van der Waals surface area contributed by atoms with Gasteiger partial charge in [0.15, 0.2) is 11.5 Å². The Kier molecular flexibility index (Phi) is 4.80. The third-order valence-corrected chi connectivity index (χ3v) is 5.47. The van der Waals surface area contributed by atoms with Crippen LogP contribution >= 0.6 is 0 Å². The topological polar surface area (TPSA) is 73.8 Å². The molecule has 7 nitrogen and oxygen atoms in total. The molecule has 0 saturated carbocycles. The number of hydrogen-bond donors (Lipinski definition) is 0. The fourth-order valence-corrected chi connectivity index (χ4v) is 3.85. The summed E-state index contributed by atoms with van der Waals surface area (Å²) in [6, 6.07) is 15.7. The van der Waals surface area contributed by atoms with Crippen LogP contribution < -0.4 is 9.47 Å². The standard InChI is InChI=1S/C23H21N3O4/c1-15-18(10-24-13-25-15)23(27)26-11-21(16-5-3-2-4-6-16)30-22(12-26)17-7-8-19-20(9-17)29-14-28-19/h2-10,13,21-22H,11-12,14H2,1H3/t21-,22+/m0/s1. The molecule has 30 heavy (non-hydrogen) atoms. The highest BCUT2D eigenvalue weighted by atomic mass is 16.7. The summed E-state index contributed by atoms with van der Waals surface area (Å²) in [6.45, 7) is 2.92. The summed E-state index contributed by atoms with van der Waals surface area (Å²) in [7, 11) is 0. The van der Waals surface area contributed by atoms with E-state index in [1.807, 2.05) is 60.4 Å². The predicted molar refractivity (Wildman–Crippen MR) is 108 cm³/mol. The number of rotatable bonds is 3. The molecule has 3 heterocycles. The zero-order valence-electron chi connectivity index (χ0n) is 16.5. The van der Waals surface area contributed by atoms with Crippen LogP contribution in [0.25, 0.3) is 0 Å². The van der Waals surface area contributed by atoms with Gasteiger partial charge >= 0.3 is 0 Å². The molecule has 0 radical (unpaired) electrons. The van der Waals surface area contributed by atoms with Crippen LogP contribution in [-0.4, -0.2) is 40.7 Å². The number of fused-ring (bicyclic) bond motifs is 1. The summed E-state index contributed by atoms with van der Waals surface area (Å²) >= 11 is 0. The maximum Gasteiger partial charge on any atom is 0.257 e. The van der Waals surface area contributed by atoms with Crippen LogP contribution in [0.1, 0.15) is 39.4 Å². The summed E-state index contributed by atoms with van der Waals surface area (Å²) in [5.74, 6) is 1.32. The van der Waals surface area contributed by atoms with Crippen molar-refractivity contribution in [3.05, 3.63) is 83.4 Å². The van der Waals surface area contributed by atoms with Gasteiger partial charge in [0.05, 0.1) is 24.3 Å². The van der Waals surface area contributed by atoms with E-state index >= 15 is 0 Å². The molecule has 2 aliphatic heterocycles. The molecule has 0 N–H and O–H groups in total. The van der Waals surface area contributed by atoms with Crippen molar-refractivity contribution in [1.82, 2.24) is 14.9 Å². The van der Waals surface area contributed by atoms with Gasteiger partial charge in [0.2, 0.25) is 6.79 Å². The summed E-state index contributed by atoms with van der Waals surface area (Å²) in [5.41, 5.74) is 3.15. The van der Waals surface area contributed by atoms with E-state index < -0.39 is 0 Å². The molecule has 0 spiro atoms. The summed E-state index contributed by atoms with van der Waals surface area (Å²) in [5, 5.41) is 0. The largest absolute Gasteiger partial charge is 0.454 e. The van der Waals surface area contributed by atoms with E-state index in [1.54, 1.807) is 6.20 Å². The molecule has 3 aromatic rings. The van der Waals surface area contributed by atoms with Gasteiger partial charge in [0, 0.05) is 6.20 Å². The van der Waals surface area contributed by atoms with E-state index in [1.165, 1.54) is 6.33 Å². The number of nitrogens with zero attached hydrogens (tertiary/aromatic N) is 3. The molecule has 5 rings (SSSR count). The van der Waals surface area contributed by atoms with Crippen molar-refractivity contribution in [1.29, 1.82) is 0 Å². The first-order valence-electron chi connectivity index (χ1n) is 9.85. The monoisotopic (exact) mass is 403 g/mol. The first-order chi connectivity index (χ1) is 14.7. The van der Waals surface area contributed by atoms with E-state index in [9.17, 15) is 4.79 Å². The zero-order valence-corrected chi connectivity index (χ0v) is 16.5. The second-order valence-corrected chi connectivity index (χ2v) is 7.37. The third-order valence-electron chi connectivity index (χ3n) is 5.47. The van der Waals surface area contributed by atoms with Gasteiger partial charge in [-0.3, -0.25) is 4.79 Å². The number of morpholine rings is 1. The Morgan fingerprint density at radius 1 is 1.00 bits per heavy atom. The molecule has 2 atom stereocenters. The molecule has 1 saturated heterocycles. The molecule has 2 aliphatic rings. The Morgan fingerprint density at radius 3 is 2.57 bits per heavy atom. The smallest absolute Gasteiger partial charge is 0.257 e. The molecule has 152 valence electrons. The van der Waals surface area contributed by atoms with Crippen molar-refractivity contribution in [2.75, 3.05) is 19.9 Å². The Hall–Kier alpha value is -3.45. The third kappa shape index (κ3) is 3.48. The van der Waals surface area contributed by atoms with E-state index in [4.69, 9.17) is 14.2 Å². The molecule has 7 heteroatoms. The van der Waals surface area contributed by atoms with Gasteiger partial charge < -0.3 is 19.1 Å². The predicted octanol–water partition coefficient (Wildman–Crippen LogP) is 3.47. The van der Waals surface area contributed by atoms with Gasteiger partial charge in [-0.25, -0.2) is 9.97 Å². The van der Waals surface area contributed by atoms with Crippen LogP contribution in [0.5, 0.6) is 11.5 Å². The van der Waals surface area contributed by atoms with E-state index in [0.29, 0.717) is 30.1 Å². The van der Waals surface area contributed by atoms with Crippen molar-refractivity contribution < 1.29 is 19.0 Å². The first-order valence-corrected chi connectivity index (χ1v) is 9.85. The SMILES string of the molecule is Cc1ncncc1C(=O)N1C[C@@H](c2ccccc2)O[C@@H](c2ccc3c(c2)OCO3)C1. The fourth-order valence-electron chi connectivity index (χ4n) is 3.85. The van der Waals surface area contributed by atoms with Crippen LogP contribution in [0.15, 0.2) is 61.1 Å². The normalized spacial score (nSPS) is 20.2. The number of aryl methyl sites for hydroxylation is 1. The molecule has 0 aliphatic carbocycles. The number of carbonyl (C=O) groups excluding carboxylic acids is 1. The maximum absolute atomic E-state index is 13.3. The van der Waals surface area contributed by atoms with Crippen molar-refractivity contribution in [3.63, 3.8) is 0 Å². The minimum absolute atomic E-state index is 0.0944. The second kappa shape index (κ2) is 7.76. The zero-order chi connectivity index (χ0) is 20.5. The number of hydrogen-bond acceptors (Lipinski definition) is 6. The molecule has 0 bridgehead atoms. The second-order valence-electron chi connectivity index (χ2n) is 7.37. The van der Waals surface area contributed by atoms with Gasteiger partial charge in [-0.15, -0.1) is 0 Å². The number of aromatic nitrogens is 2. The van der Waals surface area contributed by atoms with Crippen molar-refractivity contribution >= 4 is 5.91 Å². The van der Waals surface area contributed by atoms with E-state index in [-0.39, 0.29) is 24.9 Å². The number of ether oxygens (including phenoxy) is 3. The highest BCUT2D eigenvalue weighted by molar-refractivity contribution is 5.95. The highest BCUT2D eigenvalue weighted by Gasteiger charge is 2.34. The number of benzene rings is 2. The van der Waals surface area contributed by atoms with Crippen LogP contribution in [0.3, 0.4) is 0 Å². The highest BCUT2D eigenvalue weighted by Crippen LogP contribution is 2.39. The van der Waals surface area contributed by atoms with Crippen molar-refractivity contribution in [2.45, 2.75) is 19.1 Å². The maximum atomic E-state index is 13.3. The van der Waals surface area contributed by atoms with Crippen LogP contribution in [0, 0.1) is 6.92 Å². The van der Waals surface area contributed by atoms with E-state index in [0.717, 1.165) is 16.9 Å². The quantitative estimate of drug-likeness (QED) is 0.667. The summed E-state index contributed by atoms with van der Waals surface area (Å²) < 4.78 is 17.4. The average Bonchev–Trinajstić information content (AvgIpc) is 3.27. The fraction of sp³-hybridized carbons (Fsp3) is 0.261. The van der Waals surface area contributed by atoms with Gasteiger partial charge in [-0.2, -0.15) is 0 Å². The number of carbonyl (C=O) groups is 1. The summed E-state index contributed by atoms with van der Waals surface area (Å²) in [4.78, 5) is 23.3. The van der Waals surface area contributed by atoms with Gasteiger partial charge in [0.25, 0.3) is 5.91 Å². The lowest BCUT2D eigenvalue weighted by Crippen LogP contribution is -2.44.